The van der Waals surface area contributed by atoms with Crippen molar-refractivity contribution in [2.45, 2.75) is 103 Å². The Hall–Kier alpha value is -0.353. The molecule has 0 heterocycles. The molecule has 0 amide bonds. The number of esters is 1. The van der Waals surface area contributed by atoms with Crippen LogP contribution in [-0.4, -0.2) is 26.5 Å². The van der Waals surface area contributed by atoms with Crippen molar-refractivity contribution in [1.82, 2.24) is 0 Å². The second-order valence-corrected chi connectivity index (χ2v) is 15.1. The smallest absolute Gasteiger partial charge is 0.302 e. The number of carbonyl (C=O) groups excluding carboxylic acids is 1. The van der Waals surface area contributed by atoms with Crippen LogP contribution in [0.4, 0.5) is 0 Å². The molecule has 3 aliphatic carbocycles. The lowest BCUT2D eigenvalue weighted by atomic mass is 9.66. The molecule has 1 unspecified atom stereocenters. The van der Waals surface area contributed by atoms with Gasteiger partial charge in [0.2, 0.25) is 0 Å². The molecule has 0 aromatic rings. The fourth-order valence-corrected chi connectivity index (χ4v) is 7.32. The topological polar surface area (TPSA) is 35.5 Å². The fourth-order valence-electron chi connectivity index (χ4n) is 5.88. The molecule has 0 aromatic heterocycles. The van der Waals surface area contributed by atoms with Crippen molar-refractivity contribution < 1.29 is 14.0 Å². The zero-order valence-corrected chi connectivity index (χ0v) is 17.7. The molecular formula is C20H36O3Si. The average molecular weight is 353 g/mol. The van der Waals surface area contributed by atoms with Crippen LogP contribution in [0.25, 0.3) is 0 Å². The molecule has 0 aliphatic heterocycles. The number of hydrogen-bond acceptors (Lipinski definition) is 3. The van der Waals surface area contributed by atoms with Crippen LogP contribution in [0.1, 0.15) is 73.1 Å². The predicted molar refractivity (Wildman–Crippen MR) is 99.4 cm³/mol. The van der Waals surface area contributed by atoms with E-state index in [-0.39, 0.29) is 22.5 Å². The summed E-state index contributed by atoms with van der Waals surface area (Å²) >= 11 is 0. The highest BCUT2D eigenvalue weighted by Crippen LogP contribution is 2.72. The molecule has 0 radical (unpaired) electrons. The van der Waals surface area contributed by atoms with Crippen molar-refractivity contribution in [2.24, 2.45) is 16.7 Å². The van der Waals surface area contributed by atoms with Gasteiger partial charge in [0.05, 0.1) is 6.10 Å². The van der Waals surface area contributed by atoms with Crippen molar-refractivity contribution in [1.29, 1.82) is 0 Å². The number of carbonyl (C=O) groups is 1. The monoisotopic (exact) mass is 352 g/mol. The second-order valence-electron chi connectivity index (χ2n) is 10.3. The Bertz CT molecular complexity index is 523. The Morgan fingerprint density at radius 2 is 1.71 bits per heavy atom. The average Bonchev–Trinajstić information content (AvgIpc) is 2.99. The van der Waals surface area contributed by atoms with Gasteiger partial charge >= 0.3 is 5.97 Å². The van der Waals surface area contributed by atoms with E-state index in [2.05, 4.69) is 40.8 Å². The summed E-state index contributed by atoms with van der Waals surface area (Å²) in [5.41, 5.74) is 0.613. The Kier molecular flexibility index (Phi) is 4.28. The van der Waals surface area contributed by atoms with Gasteiger partial charge in [-0.1, -0.05) is 27.7 Å². The highest BCUT2D eigenvalue weighted by atomic mass is 28.4. The van der Waals surface area contributed by atoms with Crippen LogP contribution in [0.2, 0.25) is 18.1 Å². The van der Waals surface area contributed by atoms with Crippen LogP contribution in [0.15, 0.2) is 0 Å². The fraction of sp³-hybridized carbons (Fsp3) is 0.950. The zero-order chi connectivity index (χ0) is 18.0. The minimum atomic E-state index is -1.75. The number of rotatable bonds is 3. The summed E-state index contributed by atoms with van der Waals surface area (Å²) in [5.74, 6) is 0.442. The Morgan fingerprint density at radius 3 is 2.29 bits per heavy atom. The van der Waals surface area contributed by atoms with E-state index in [0.29, 0.717) is 17.4 Å². The van der Waals surface area contributed by atoms with Gasteiger partial charge in [-0.25, -0.2) is 0 Å². The van der Waals surface area contributed by atoms with E-state index in [9.17, 15) is 4.79 Å². The van der Waals surface area contributed by atoms with E-state index in [4.69, 9.17) is 9.16 Å². The molecule has 24 heavy (non-hydrogen) atoms. The van der Waals surface area contributed by atoms with E-state index < -0.39 is 8.32 Å². The van der Waals surface area contributed by atoms with Crippen LogP contribution >= 0.6 is 0 Å². The van der Waals surface area contributed by atoms with Crippen LogP contribution in [0, 0.1) is 16.7 Å². The number of ether oxygens (including phenoxy) is 1. The SMILES string of the molecule is CC(=O)OC1CC[C@@]23CC[C@H](O[Si](C)(C)C(C)(C)C)[C@]2(C)CC[C@@H]13. The number of hydrogen-bond donors (Lipinski definition) is 0. The lowest BCUT2D eigenvalue weighted by Gasteiger charge is -2.46. The predicted octanol–water partition coefficient (Wildman–Crippen LogP) is 5.30. The first-order valence-corrected chi connectivity index (χ1v) is 12.7. The minimum absolute atomic E-state index is 0.113. The lowest BCUT2D eigenvalue weighted by Crippen LogP contribution is -2.49. The van der Waals surface area contributed by atoms with Crippen LogP contribution < -0.4 is 0 Å². The zero-order valence-electron chi connectivity index (χ0n) is 16.7. The lowest BCUT2D eigenvalue weighted by molar-refractivity contribution is -0.149. The van der Waals surface area contributed by atoms with E-state index >= 15 is 0 Å². The summed E-state index contributed by atoms with van der Waals surface area (Å²) in [4.78, 5) is 11.5. The molecule has 0 aromatic carbocycles. The molecule has 0 N–H and O–H groups in total. The standard InChI is InChI=1S/C20H36O3Si/c1-14(21)22-16-9-12-20-13-10-17(19(20,5)11-8-15(16)20)23-24(6,7)18(2,3)4/h15-17H,8-13H2,1-7H3/t15-,16?,17-,19-,20-/m0/s1. The maximum Gasteiger partial charge on any atom is 0.302 e. The highest BCUT2D eigenvalue weighted by molar-refractivity contribution is 6.74. The second kappa shape index (κ2) is 5.57. The van der Waals surface area contributed by atoms with Crippen LogP contribution in [0.5, 0.6) is 0 Å². The molecule has 5 atom stereocenters. The van der Waals surface area contributed by atoms with Crippen molar-refractivity contribution >= 4 is 14.3 Å². The maximum atomic E-state index is 11.5. The summed E-state index contributed by atoms with van der Waals surface area (Å²) in [7, 11) is -1.75. The van der Waals surface area contributed by atoms with Gasteiger partial charge < -0.3 is 9.16 Å². The van der Waals surface area contributed by atoms with Gasteiger partial charge in [-0.15, -0.1) is 0 Å². The summed E-state index contributed by atoms with van der Waals surface area (Å²) in [6, 6.07) is 0. The van der Waals surface area contributed by atoms with Gasteiger partial charge in [-0.3, -0.25) is 4.79 Å². The molecule has 3 fully saturated rings. The Labute approximate surface area is 149 Å². The third-order valence-electron chi connectivity index (χ3n) is 8.27. The van der Waals surface area contributed by atoms with E-state index in [1.54, 1.807) is 6.92 Å². The van der Waals surface area contributed by atoms with Gasteiger partial charge in [-0.05, 0) is 67.5 Å². The summed E-state index contributed by atoms with van der Waals surface area (Å²) in [6.45, 7) is 15.8. The van der Waals surface area contributed by atoms with Crippen molar-refractivity contribution in [3.63, 3.8) is 0 Å². The molecule has 138 valence electrons. The molecule has 3 rings (SSSR count). The molecule has 3 nitrogen and oxygen atoms in total. The highest BCUT2D eigenvalue weighted by Gasteiger charge is 2.69. The Morgan fingerprint density at radius 1 is 1.08 bits per heavy atom. The van der Waals surface area contributed by atoms with Crippen molar-refractivity contribution in [3.8, 4) is 0 Å². The maximum absolute atomic E-state index is 11.5. The van der Waals surface area contributed by atoms with Crippen molar-refractivity contribution in [2.75, 3.05) is 0 Å². The quantitative estimate of drug-likeness (QED) is 0.511. The molecule has 3 saturated carbocycles. The third kappa shape index (κ3) is 2.51. The van der Waals surface area contributed by atoms with Crippen LogP contribution in [0.3, 0.4) is 0 Å². The van der Waals surface area contributed by atoms with Gasteiger partial charge in [0.25, 0.3) is 0 Å². The first-order valence-electron chi connectivity index (χ1n) is 9.78. The molecular weight excluding hydrogens is 316 g/mol. The normalized spacial score (nSPS) is 42.0. The largest absolute Gasteiger partial charge is 0.462 e. The summed E-state index contributed by atoms with van der Waals surface area (Å²) in [5, 5.41) is 0.257. The van der Waals surface area contributed by atoms with Gasteiger partial charge in [0, 0.05) is 12.8 Å². The van der Waals surface area contributed by atoms with Gasteiger partial charge in [0.15, 0.2) is 8.32 Å². The summed E-state index contributed by atoms with van der Waals surface area (Å²) in [6.07, 6.45) is 7.67. The summed E-state index contributed by atoms with van der Waals surface area (Å²) < 4.78 is 12.6. The third-order valence-corrected chi connectivity index (χ3v) is 12.8. The van der Waals surface area contributed by atoms with E-state index in [1.165, 1.54) is 32.1 Å². The first kappa shape index (κ1) is 18.4. The van der Waals surface area contributed by atoms with Gasteiger partial charge in [0.1, 0.15) is 6.10 Å². The van der Waals surface area contributed by atoms with Gasteiger partial charge in [-0.2, -0.15) is 0 Å². The van der Waals surface area contributed by atoms with E-state index in [1.807, 2.05) is 0 Å². The Balaban J connectivity index is 1.82. The first-order chi connectivity index (χ1) is 10.9. The van der Waals surface area contributed by atoms with Crippen LogP contribution in [-0.2, 0) is 14.0 Å². The molecule has 0 bridgehead atoms. The van der Waals surface area contributed by atoms with E-state index in [0.717, 1.165) is 6.42 Å². The van der Waals surface area contributed by atoms with Crippen molar-refractivity contribution in [3.05, 3.63) is 0 Å². The molecule has 4 heteroatoms. The molecule has 3 aliphatic rings. The molecule has 0 saturated heterocycles. The minimum Gasteiger partial charge on any atom is -0.462 e. The molecule has 1 spiro atoms.